The lowest BCUT2D eigenvalue weighted by molar-refractivity contribution is 0.235. The minimum Gasteiger partial charge on any atom is -0.497 e. The summed E-state index contributed by atoms with van der Waals surface area (Å²) in [5, 5.41) is 8.04. The van der Waals surface area contributed by atoms with Crippen molar-refractivity contribution in [3.05, 3.63) is 52.2 Å². The lowest BCUT2D eigenvalue weighted by Gasteiger charge is -2.24. The van der Waals surface area contributed by atoms with E-state index in [-0.39, 0.29) is 17.5 Å². The standard InChI is InChI=1S/C19H26N2O2S/c1-14(11-15-7-5-8-16(12-15)23-4)21-18(22)20-13-19(2,3)17-9-6-10-24-17/h5-10,12,14H,11,13H2,1-4H3,(H2,20,21,22). The van der Waals surface area contributed by atoms with Crippen molar-refractivity contribution in [1.29, 1.82) is 0 Å². The number of urea groups is 1. The smallest absolute Gasteiger partial charge is 0.315 e. The summed E-state index contributed by atoms with van der Waals surface area (Å²) in [6.07, 6.45) is 0.763. The molecule has 0 spiro atoms. The Kier molecular flexibility index (Phi) is 6.26. The molecule has 0 aliphatic heterocycles. The Morgan fingerprint density at radius 1 is 1.29 bits per heavy atom. The second-order valence-corrected chi connectivity index (χ2v) is 7.59. The molecule has 2 aromatic rings. The molecular formula is C19H26N2O2S. The second kappa shape index (κ2) is 8.20. The summed E-state index contributed by atoms with van der Waals surface area (Å²) in [6.45, 7) is 6.88. The SMILES string of the molecule is COc1cccc(CC(C)NC(=O)NCC(C)(C)c2cccs2)c1. The molecule has 0 saturated carbocycles. The predicted molar refractivity (Wildman–Crippen MR) is 100 cm³/mol. The van der Waals surface area contributed by atoms with Crippen molar-refractivity contribution in [3.8, 4) is 5.75 Å². The van der Waals surface area contributed by atoms with Crippen molar-refractivity contribution >= 4 is 17.4 Å². The maximum Gasteiger partial charge on any atom is 0.315 e. The number of amides is 2. The third-order valence-corrected chi connectivity index (χ3v) is 5.17. The average Bonchev–Trinajstić information content (AvgIpc) is 3.08. The van der Waals surface area contributed by atoms with Crippen molar-refractivity contribution in [2.24, 2.45) is 0 Å². The van der Waals surface area contributed by atoms with Crippen LogP contribution in [0.3, 0.4) is 0 Å². The van der Waals surface area contributed by atoms with E-state index in [1.54, 1.807) is 18.4 Å². The van der Waals surface area contributed by atoms with E-state index in [0.717, 1.165) is 17.7 Å². The zero-order chi connectivity index (χ0) is 17.6. The molecule has 1 unspecified atom stereocenters. The first-order valence-corrected chi connectivity index (χ1v) is 9.00. The van der Waals surface area contributed by atoms with Crippen LogP contribution in [0.1, 0.15) is 31.2 Å². The van der Waals surface area contributed by atoms with E-state index in [4.69, 9.17) is 4.74 Å². The fraction of sp³-hybridized carbons (Fsp3) is 0.421. The molecule has 0 saturated heterocycles. The van der Waals surface area contributed by atoms with Gasteiger partial charge in [0.05, 0.1) is 7.11 Å². The van der Waals surface area contributed by atoms with E-state index in [1.807, 2.05) is 37.3 Å². The molecule has 5 heteroatoms. The maximum atomic E-state index is 12.1. The first-order valence-electron chi connectivity index (χ1n) is 8.12. The highest BCUT2D eigenvalue weighted by molar-refractivity contribution is 7.10. The third-order valence-electron chi connectivity index (χ3n) is 3.93. The van der Waals surface area contributed by atoms with Crippen LogP contribution in [0.15, 0.2) is 41.8 Å². The van der Waals surface area contributed by atoms with Gasteiger partial charge in [-0.15, -0.1) is 11.3 Å². The van der Waals surface area contributed by atoms with Gasteiger partial charge in [0.2, 0.25) is 0 Å². The van der Waals surface area contributed by atoms with E-state index in [9.17, 15) is 4.79 Å². The molecule has 0 fully saturated rings. The summed E-state index contributed by atoms with van der Waals surface area (Å²) < 4.78 is 5.23. The van der Waals surface area contributed by atoms with Crippen LogP contribution in [0.4, 0.5) is 4.79 Å². The maximum absolute atomic E-state index is 12.1. The van der Waals surface area contributed by atoms with Crippen molar-refractivity contribution in [2.45, 2.75) is 38.6 Å². The van der Waals surface area contributed by atoms with Crippen LogP contribution in [0.2, 0.25) is 0 Å². The molecule has 1 heterocycles. The Morgan fingerprint density at radius 2 is 2.08 bits per heavy atom. The van der Waals surface area contributed by atoms with Gasteiger partial charge in [-0.25, -0.2) is 4.79 Å². The quantitative estimate of drug-likeness (QED) is 0.797. The number of ether oxygens (including phenoxy) is 1. The molecule has 4 nitrogen and oxygen atoms in total. The number of hydrogen-bond acceptors (Lipinski definition) is 3. The molecule has 1 aromatic heterocycles. The van der Waals surface area contributed by atoms with Crippen LogP contribution >= 0.6 is 11.3 Å². The topological polar surface area (TPSA) is 50.4 Å². The van der Waals surface area contributed by atoms with E-state index >= 15 is 0 Å². The number of nitrogens with one attached hydrogen (secondary N) is 2. The Labute approximate surface area is 148 Å². The van der Waals surface area contributed by atoms with Crippen molar-refractivity contribution < 1.29 is 9.53 Å². The highest BCUT2D eigenvalue weighted by atomic mass is 32.1. The zero-order valence-electron chi connectivity index (χ0n) is 14.8. The largest absolute Gasteiger partial charge is 0.497 e. The molecule has 0 aliphatic carbocycles. The normalized spacial score (nSPS) is 12.5. The molecule has 0 aliphatic rings. The van der Waals surface area contributed by atoms with Crippen LogP contribution in [0.25, 0.3) is 0 Å². The van der Waals surface area contributed by atoms with Gasteiger partial charge >= 0.3 is 6.03 Å². The number of benzene rings is 1. The van der Waals surface area contributed by atoms with Gasteiger partial charge in [-0.1, -0.05) is 32.0 Å². The fourth-order valence-electron chi connectivity index (χ4n) is 2.53. The molecule has 24 heavy (non-hydrogen) atoms. The number of hydrogen-bond donors (Lipinski definition) is 2. The Hall–Kier alpha value is -2.01. The summed E-state index contributed by atoms with van der Waals surface area (Å²) in [5.74, 6) is 0.835. The predicted octanol–water partition coefficient (Wildman–Crippen LogP) is 3.96. The molecular weight excluding hydrogens is 320 g/mol. The summed E-state index contributed by atoms with van der Waals surface area (Å²) in [5.41, 5.74) is 1.07. The third kappa shape index (κ3) is 5.27. The molecule has 2 N–H and O–H groups in total. The summed E-state index contributed by atoms with van der Waals surface area (Å²) in [4.78, 5) is 13.4. The zero-order valence-corrected chi connectivity index (χ0v) is 15.6. The average molecular weight is 346 g/mol. The minimum absolute atomic E-state index is 0.0435. The second-order valence-electron chi connectivity index (χ2n) is 6.64. The van der Waals surface area contributed by atoms with Gasteiger partial charge in [-0.2, -0.15) is 0 Å². The van der Waals surface area contributed by atoms with E-state index < -0.39 is 0 Å². The van der Waals surface area contributed by atoms with Crippen LogP contribution in [0.5, 0.6) is 5.75 Å². The van der Waals surface area contributed by atoms with Crippen molar-refractivity contribution in [1.82, 2.24) is 10.6 Å². The molecule has 0 bridgehead atoms. The van der Waals surface area contributed by atoms with Gasteiger partial charge in [0.1, 0.15) is 5.75 Å². The monoisotopic (exact) mass is 346 g/mol. The van der Waals surface area contributed by atoms with Gasteiger partial charge in [0, 0.05) is 22.9 Å². The van der Waals surface area contributed by atoms with Crippen molar-refractivity contribution in [2.75, 3.05) is 13.7 Å². The first kappa shape index (κ1) is 18.3. The highest BCUT2D eigenvalue weighted by Gasteiger charge is 2.22. The molecule has 2 rings (SSSR count). The van der Waals surface area contributed by atoms with Gasteiger partial charge in [-0.05, 0) is 42.5 Å². The van der Waals surface area contributed by atoms with Crippen LogP contribution < -0.4 is 15.4 Å². The molecule has 2 amide bonds. The number of rotatable bonds is 7. The summed E-state index contributed by atoms with van der Waals surface area (Å²) in [7, 11) is 1.66. The van der Waals surface area contributed by atoms with E-state index in [0.29, 0.717) is 6.54 Å². The summed E-state index contributed by atoms with van der Waals surface area (Å²) >= 11 is 1.72. The number of thiophene rings is 1. The lowest BCUT2D eigenvalue weighted by Crippen LogP contribution is -2.45. The first-order chi connectivity index (χ1) is 11.4. The summed E-state index contributed by atoms with van der Waals surface area (Å²) in [6, 6.07) is 12.0. The van der Waals surface area contributed by atoms with Crippen LogP contribution in [0, 0.1) is 0 Å². The number of carbonyl (C=O) groups is 1. The van der Waals surface area contributed by atoms with Gasteiger partial charge in [-0.3, -0.25) is 0 Å². The molecule has 1 atom stereocenters. The Balaban J connectivity index is 1.81. The van der Waals surface area contributed by atoms with E-state index in [1.165, 1.54) is 4.88 Å². The lowest BCUT2D eigenvalue weighted by atomic mass is 9.91. The molecule has 0 radical (unpaired) electrons. The van der Waals surface area contributed by atoms with Crippen LogP contribution in [-0.2, 0) is 11.8 Å². The highest BCUT2D eigenvalue weighted by Crippen LogP contribution is 2.26. The fourth-order valence-corrected chi connectivity index (χ4v) is 3.38. The van der Waals surface area contributed by atoms with Gasteiger partial charge in [0.15, 0.2) is 0 Å². The minimum atomic E-state index is -0.130. The van der Waals surface area contributed by atoms with E-state index in [2.05, 4.69) is 35.9 Å². The Bertz CT molecular complexity index is 653. The molecule has 1 aromatic carbocycles. The van der Waals surface area contributed by atoms with Crippen molar-refractivity contribution in [3.63, 3.8) is 0 Å². The van der Waals surface area contributed by atoms with Crippen LogP contribution in [-0.4, -0.2) is 25.7 Å². The van der Waals surface area contributed by atoms with Gasteiger partial charge < -0.3 is 15.4 Å². The van der Waals surface area contributed by atoms with Gasteiger partial charge in [0.25, 0.3) is 0 Å². The number of carbonyl (C=O) groups excluding carboxylic acids is 1. The Morgan fingerprint density at radius 3 is 2.75 bits per heavy atom. The molecule has 130 valence electrons. The number of methoxy groups -OCH3 is 1.